The van der Waals surface area contributed by atoms with Crippen LogP contribution in [0, 0.1) is 6.92 Å². The van der Waals surface area contributed by atoms with Gasteiger partial charge >= 0.3 is 0 Å². The van der Waals surface area contributed by atoms with E-state index in [-0.39, 0.29) is 0 Å². The van der Waals surface area contributed by atoms with Crippen molar-refractivity contribution in [2.45, 2.75) is 6.92 Å². The fourth-order valence-electron chi connectivity index (χ4n) is 1.87. The molecule has 15 heavy (non-hydrogen) atoms. The lowest BCUT2D eigenvalue weighted by Crippen LogP contribution is -1.93. The van der Waals surface area contributed by atoms with Crippen molar-refractivity contribution in [2.24, 2.45) is 0 Å². The van der Waals surface area contributed by atoms with Gasteiger partial charge in [0.25, 0.3) is 0 Å². The van der Waals surface area contributed by atoms with Crippen molar-refractivity contribution in [3.05, 3.63) is 35.9 Å². The fraction of sp³-hybridized carbons (Fsp3) is 0.231. The molecule has 2 rings (SSSR count). The molecule has 2 heteroatoms. The zero-order valence-electron chi connectivity index (χ0n) is 9.20. The Bertz CT molecular complexity index is 489. The third kappa shape index (κ3) is 1.52. The van der Waals surface area contributed by atoms with Gasteiger partial charge in [0.1, 0.15) is 11.5 Å². The lowest BCUT2D eigenvalue weighted by atomic mass is 10.1. The Labute approximate surface area is 89.4 Å². The summed E-state index contributed by atoms with van der Waals surface area (Å²) in [6, 6.07) is 10.2. The van der Waals surface area contributed by atoms with E-state index in [0.29, 0.717) is 0 Å². The predicted molar refractivity (Wildman–Crippen MR) is 61.8 cm³/mol. The van der Waals surface area contributed by atoms with Gasteiger partial charge in [-0.1, -0.05) is 24.3 Å². The smallest absolute Gasteiger partial charge is 0.133 e. The molecule has 0 unspecified atom stereocenters. The highest BCUT2D eigenvalue weighted by molar-refractivity contribution is 5.91. The number of methoxy groups -OCH3 is 2. The molecule has 0 N–H and O–H groups in total. The second kappa shape index (κ2) is 3.81. The number of hydrogen-bond acceptors (Lipinski definition) is 2. The molecule has 78 valence electrons. The third-order valence-electron chi connectivity index (χ3n) is 2.63. The van der Waals surface area contributed by atoms with Crippen LogP contribution in [0.5, 0.6) is 11.5 Å². The first-order valence-electron chi connectivity index (χ1n) is 4.88. The molecule has 0 atom stereocenters. The number of hydrogen-bond donors (Lipinski definition) is 0. The normalized spacial score (nSPS) is 10.3. The van der Waals surface area contributed by atoms with E-state index < -0.39 is 0 Å². The molecule has 0 spiro atoms. The average Bonchev–Trinajstić information content (AvgIpc) is 2.28. The van der Waals surface area contributed by atoms with E-state index in [9.17, 15) is 0 Å². The van der Waals surface area contributed by atoms with Crippen molar-refractivity contribution < 1.29 is 9.47 Å². The molecule has 0 bridgehead atoms. The van der Waals surface area contributed by atoms with Crippen LogP contribution >= 0.6 is 0 Å². The molecule has 0 fully saturated rings. The topological polar surface area (TPSA) is 18.5 Å². The quantitative estimate of drug-likeness (QED) is 0.744. The predicted octanol–water partition coefficient (Wildman–Crippen LogP) is 3.17. The van der Waals surface area contributed by atoms with Crippen LogP contribution < -0.4 is 9.47 Å². The summed E-state index contributed by atoms with van der Waals surface area (Å²) in [5, 5.41) is 2.26. The summed E-state index contributed by atoms with van der Waals surface area (Å²) in [5.74, 6) is 1.76. The maximum atomic E-state index is 5.42. The van der Waals surface area contributed by atoms with Gasteiger partial charge in [0, 0.05) is 10.9 Å². The van der Waals surface area contributed by atoms with E-state index in [2.05, 4.69) is 12.1 Å². The van der Waals surface area contributed by atoms with Gasteiger partial charge < -0.3 is 9.47 Å². The van der Waals surface area contributed by atoms with E-state index in [1.807, 2.05) is 25.1 Å². The molecule has 0 aliphatic rings. The standard InChI is InChI=1S/C13H14O2/c1-9-12(14-2)8-10-6-4-5-7-11(10)13(9)15-3/h4-8H,1-3H3. The van der Waals surface area contributed by atoms with E-state index >= 15 is 0 Å². The van der Waals surface area contributed by atoms with E-state index in [4.69, 9.17) is 9.47 Å². The first kappa shape index (κ1) is 9.84. The first-order chi connectivity index (χ1) is 7.27. The highest BCUT2D eigenvalue weighted by atomic mass is 16.5. The lowest BCUT2D eigenvalue weighted by molar-refractivity contribution is 0.392. The Balaban J connectivity index is 2.83. The van der Waals surface area contributed by atoms with Gasteiger partial charge in [-0.25, -0.2) is 0 Å². The molecule has 2 aromatic carbocycles. The first-order valence-corrected chi connectivity index (χ1v) is 4.88. The SMILES string of the molecule is COc1cc2ccccc2c(OC)c1C. The third-order valence-corrected chi connectivity index (χ3v) is 2.63. The van der Waals surface area contributed by atoms with Crippen molar-refractivity contribution in [3.8, 4) is 11.5 Å². The summed E-state index contributed by atoms with van der Waals surface area (Å²) in [6.07, 6.45) is 0. The van der Waals surface area contributed by atoms with Crippen molar-refractivity contribution >= 4 is 10.8 Å². The van der Waals surface area contributed by atoms with Gasteiger partial charge in [-0.2, -0.15) is 0 Å². The summed E-state index contributed by atoms with van der Waals surface area (Å²) in [5.41, 5.74) is 1.04. The minimum absolute atomic E-state index is 0.866. The molecular formula is C13H14O2. The minimum Gasteiger partial charge on any atom is -0.496 e. The van der Waals surface area contributed by atoms with Crippen LogP contribution in [0.25, 0.3) is 10.8 Å². The van der Waals surface area contributed by atoms with Gasteiger partial charge in [-0.3, -0.25) is 0 Å². The van der Waals surface area contributed by atoms with Gasteiger partial charge in [0.15, 0.2) is 0 Å². The van der Waals surface area contributed by atoms with Gasteiger partial charge in [-0.05, 0) is 18.4 Å². The van der Waals surface area contributed by atoms with Gasteiger partial charge in [0.2, 0.25) is 0 Å². The number of rotatable bonds is 2. The molecule has 0 saturated carbocycles. The molecule has 0 amide bonds. The maximum absolute atomic E-state index is 5.42. The lowest BCUT2D eigenvalue weighted by Gasteiger charge is -2.12. The Morgan fingerprint density at radius 1 is 1.00 bits per heavy atom. The van der Waals surface area contributed by atoms with Gasteiger partial charge in [-0.15, -0.1) is 0 Å². The molecule has 2 nitrogen and oxygen atoms in total. The van der Waals surface area contributed by atoms with Crippen LogP contribution in [0.2, 0.25) is 0 Å². The Hall–Kier alpha value is -1.70. The van der Waals surface area contributed by atoms with E-state index in [1.165, 1.54) is 0 Å². The molecule has 0 aromatic heterocycles. The molecule has 0 heterocycles. The molecule has 2 aromatic rings. The molecular weight excluding hydrogens is 188 g/mol. The Kier molecular flexibility index (Phi) is 2.50. The average molecular weight is 202 g/mol. The summed E-state index contributed by atoms with van der Waals surface area (Å²) in [6.45, 7) is 2.00. The van der Waals surface area contributed by atoms with Crippen molar-refractivity contribution in [2.75, 3.05) is 14.2 Å². The Morgan fingerprint density at radius 3 is 2.40 bits per heavy atom. The van der Waals surface area contributed by atoms with Crippen molar-refractivity contribution in [3.63, 3.8) is 0 Å². The molecule has 0 saturated heterocycles. The van der Waals surface area contributed by atoms with Crippen LogP contribution in [0.1, 0.15) is 5.56 Å². The summed E-state index contributed by atoms with van der Waals surface area (Å²) in [7, 11) is 3.37. The van der Waals surface area contributed by atoms with Crippen molar-refractivity contribution in [1.82, 2.24) is 0 Å². The number of ether oxygens (including phenoxy) is 2. The second-order valence-corrected chi connectivity index (χ2v) is 3.46. The molecule has 0 aliphatic heterocycles. The minimum atomic E-state index is 0.866. The van der Waals surface area contributed by atoms with Crippen molar-refractivity contribution in [1.29, 1.82) is 0 Å². The van der Waals surface area contributed by atoms with E-state index in [1.54, 1.807) is 14.2 Å². The summed E-state index contributed by atoms with van der Waals surface area (Å²) < 4.78 is 10.7. The fourth-order valence-corrected chi connectivity index (χ4v) is 1.87. The zero-order chi connectivity index (χ0) is 10.8. The highest BCUT2D eigenvalue weighted by Gasteiger charge is 2.09. The number of benzene rings is 2. The Morgan fingerprint density at radius 2 is 1.73 bits per heavy atom. The largest absolute Gasteiger partial charge is 0.496 e. The van der Waals surface area contributed by atoms with Crippen LogP contribution in [0.3, 0.4) is 0 Å². The van der Waals surface area contributed by atoms with Crippen LogP contribution in [0.4, 0.5) is 0 Å². The zero-order valence-corrected chi connectivity index (χ0v) is 9.20. The van der Waals surface area contributed by atoms with Crippen LogP contribution in [-0.2, 0) is 0 Å². The van der Waals surface area contributed by atoms with Crippen LogP contribution in [0.15, 0.2) is 30.3 Å². The maximum Gasteiger partial charge on any atom is 0.133 e. The summed E-state index contributed by atoms with van der Waals surface area (Å²) >= 11 is 0. The van der Waals surface area contributed by atoms with Crippen LogP contribution in [-0.4, -0.2) is 14.2 Å². The highest BCUT2D eigenvalue weighted by Crippen LogP contribution is 2.35. The second-order valence-electron chi connectivity index (χ2n) is 3.46. The molecule has 0 radical (unpaired) electrons. The molecule has 0 aliphatic carbocycles. The summed E-state index contributed by atoms with van der Waals surface area (Å²) in [4.78, 5) is 0. The number of fused-ring (bicyclic) bond motifs is 1. The van der Waals surface area contributed by atoms with Gasteiger partial charge in [0.05, 0.1) is 14.2 Å². The monoisotopic (exact) mass is 202 g/mol. The van der Waals surface area contributed by atoms with E-state index in [0.717, 1.165) is 27.8 Å².